The number of likely N-dealkylation sites (tertiary alicyclic amines) is 1. The Morgan fingerprint density at radius 2 is 1.23 bits per heavy atom. The summed E-state index contributed by atoms with van der Waals surface area (Å²) in [4.78, 5) is 71.7. The van der Waals surface area contributed by atoms with Crippen molar-refractivity contribution in [3.63, 3.8) is 0 Å². The highest BCUT2D eigenvalue weighted by Crippen LogP contribution is 2.34. The molecule has 0 aliphatic carbocycles. The molecule has 61 heavy (non-hydrogen) atoms. The SMILES string of the molecule is CNC(=O)N[C@@H](C(=O)N(Cc1ncc(-c2ccc(-c3ccc(-c4cnc([C@@H]5CCCN5C(=O)[C@H](NC(=O)NC)c5ccccc5)[nH]4)cc3)cc2)[nH]1)C[C@@H](C)O)c1ccccc1. The summed E-state index contributed by atoms with van der Waals surface area (Å²) in [7, 11) is 3.01. The molecule has 1 saturated heterocycles. The van der Waals surface area contributed by atoms with E-state index in [1.54, 1.807) is 48.5 Å². The molecule has 314 valence electrons. The van der Waals surface area contributed by atoms with Crippen LogP contribution < -0.4 is 21.3 Å². The Morgan fingerprint density at radius 3 is 1.79 bits per heavy atom. The minimum Gasteiger partial charge on any atom is -0.392 e. The summed E-state index contributed by atoms with van der Waals surface area (Å²) in [5.41, 5.74) is 6.82. The molecular weight excluding hydrogens is 773 g/mol. The zero-order valence-corrected chi connectivity index (χ0v) is 34.3. The predicted octanol–water partition coefficient (Wildman–Crippen LogP) is 5.85. The number of hydrogen-bond donors (Lipinski definition) is 7. The quantitative estimate of drug-likeness (QED) is 0.0715. The molecule has 7 N–H and O–H groups in total. The number of aliphatic hydroxyl groups is 1. The smallest absolute Gasteiger partial charge is 0.315 e. The molecule has 1 fully saturated rings. The number of amides is 6. The topological polar surface area (TPSA) is 200 Å². The number of aromatic nitrogens is 4. The fourth-order valence-corrected chi connectivity index (χ4v) is 7.59. The lowest BCUT2D eigenvalue weighted by molar-refractivity contribution is -0.135. The second kappa shape index (κ2) is 19.2. The third kappa shape index (κ3) is 9.96. The highest BCUT2D eigenvalue weighted by Gasteiger charge is 2.37. The summed E-state index contributed by atoms with van der Waals surface area (Å²) in [6.45, 7) is 2.30. The third-order valence-electron chi connectivity index (χ3n) is 10.7. The Bertz CT molecular complexity index is 2420. The first-order valence-corrected chi connectivity index (χ1v) is 20.3. The predicted molar refractivity (Wildman–Crippen MR) is 231 cm³/mol. The van der Waals surface area contributed by atoms with Gasteiger partial charge in [-0.1, -0.05) is 109 Å². The molecule has 15 nitrogen and oxygen atoms in total. The lowest BCUT2D eigenvalue weighted by Gasteiger charge is -2.28. The number of hydrogen-bond acceptors (Lipinski definition) is 7. The van der Waals surface area contributed by atoms with E-state index in [0.29, 0.717) is 29.3 Å². The lowest BCUT2D eigenvalue weighted by Crippen LogP contribution is -2.47. The van der Waals surface area contributed by atoms with Gasteiger partial charge in [0.05, 0.1) is 42.5 Å². The maximum absolute atomic E-state index is 13.9. The molecule has 0 bridgehead atoms. The van der Waals surface area contributed by atoms with E-state index in [-0.39, 0.29) is 30.9 Å². The number of H-pyrrole nitrogens is 2. The van der Waals surface area contributed by atoms with Gasteiger partial charge in [0.15, 0.2) is 0 Å². The molecule has 0 radical (unpaired) electrons. The van der Waals surface area contributed by atoms with Crippen molar-refractivity contribution < 1.29 is 24.3 Å². The van der Waals surface area contributed by atoms with E-state index < -0.39 is 30.2 Å². The van der Waals surface area contributed by atoms with Gasteiger partial charge in [0.1, 0.15) is 23.7 Å². The van der Waals surface area contributed by atoms with E-state index in [1.807, 2.05) is 72.8 Å². The summed E-state index contributed by atoms with van der Waals surface area (Å²) in [5, 5.41) is 20.9. The largest absolute Gasteiger partial charge is 0.392 e. The standard InChI is InChI=1S/C46H50N10O5/c1-29(57)27-55(43(58)40(53-45(60)47-2)34-11-6-4-7-12-34)28-39-49-25-36(51-39)32-20-16-30(17-21-32)31-18-22-33(23-19-31)37-26-50-42(52-37)38-15-10-24-56(38)44(59)41(54-46(61)48-3)35-13-8-5-9-14-35/h4-9,11-14,16-23,25-26,29,38,40-41,57H,10,15,24,27-28H2,1-3H3,(H,49,51)(H,50,52)(H2,47,53,60)(H2,48,54,61)/t29-,38+,40-,41-/m1/s1. The van der Waals surface area contributed by atoms with Crippen molar-refractivity contribution in [2.24, 2.45) is 0 Å². The van der Waals surface area contributed by atoms with Gasteiger partial charge in [0, 0.05) is 27.2 Å². The highest BCUT2D eigenvalue weighted by molar-refractivity contribution is 5.89. The first kappa shape index (κ1) is 41.9. The molecule has 1 aliphatic rings. The van der Waals surface area contributed by atoms with Crippen LogP contribution in [0.1, 0.15) is 60.7 Å². The van der Waals surface area contributed by atoms with Crippen LogP contribution in [0.25, 0.3) is 33.6 Å². The molecule has 15 heteroatoms. The average molecular weight is 823 g/mol. The minimum absolute atomic E-state index is 0.0395. The summed E-state index contributed by atoms with van der Waals surface area (Å²) >= 11 is 0. The molecule has 6 aromatic rings. The van der Waals surface area contributed by atoms with Gasteiger partial charge >= 0.3 is 12.1 Å². The molecule has 7 rings (SSSR count). The number of aromatic amines is 2. The Kier molecular flexibility index (Phi) is 13.2. The number of carbonyl (C=O) groups excluding carboxylic acids is 4. The number of urea groups is 2. The Hall–Kier alpha value is -7.26. The fraction of sp³-hybridized carbons (Fsp3) is 0.261. The van der Waals surface area contributed by atoms with Gasteiger partial charge in [0.25, 0.3) is 0 Å². The Balaban J connectivity index is 1.01. The van der Waals surface area contributed by atoms with Crippen LogP contribution in [0.2, 0.25) is 0 Å². The highest BCUT2D eigenvalue weighted by atomic mass is 16.3. The number of nitrogens with one attached hydrogen (secondary N) is 6. The zero-order valence-electron chi connectivity index (χ0n) is 34.3. The van der Waals surface area contributed by atoms with Crippen molar-refractivity contribution >= 4 is 23.9 Å². The Morgan fingerprint density at radius 1 is 0.721 bits per heavy atom. The molecule has 4 aromatic carbocycles. The number of rotatable bonds is 14. The Labute approximate surface area is 354 Å². The molecule has 4 atom stereocenters. The fourth-order valence-electron chi connectivity index (χ4n) is 7.59. The molecule has 2 aromatic heterocycles. The summed E-state index contributed by atoms with van der Waals surface area (Å²) in [6, 6.07) is 31.5. The van der Waals surface area contributed by atoms with Gasteiger partial charge in [-0.3, -0.25) is 9.59 Å². The van der Waals surface area contributed by atoms with Crippen LogP contribution in [-0.2, 0) is 16.1 Å². The van der Waals surface area contributed by atoms with Crippen molar-refractivity contribution in [2.45, 2.75) is 50.5 Å². The molecule has 0 unspecified atom stereocenters. The molecular formula is C46H50N10O5. The molecule has 3 heterocycles. The minimum atomic E-state index is -0.965. The first-order chi connectivity index (χ1) is 29.6. The first-order valence-electron chi connectivity index (χ1n) is 20.3. The zero-order chi connectivity index (χ0) is 42.9. The number of benzene rings is 4. The van der Waals surface area contributed by atoms with Crippen molar-refractivity contribution in [3.8, 4) is 33.6 Å². The number of carbonyl (C=O) groups is 4. The van der Waals surface area contributed by atoms with Crippen molar-refractivity contribution in [1.29, 1.82) is 0 Å². The van der Waals surface area contributed by atoms with Crippen LogP contribution in [0, 0.1) is 0 Å². The van der Waals surface area contributed by atoms with Crippen LogP contribution in [0.3, 0.4) is 0 Å². The number of nitrogens with zero attached hydrogens (tertiary/aromatic N) is 4. The maximum Gasteiger partial charge on any atom is 0.315 e. The second-order valence-electron chi connectivity index (χ2n) is 15.0. The van der Waals surface area contributed by atoms with Gasteiger partial charge < -0.3 is 46.1 Å². The second-order valence-corrected chi connectivity index (χ2v) is 15.0. The van der Waals surface area contributed by atoms with Gasteiger partial charge in [-0.2, -0.15) is 0 Å². The molecule has 0 spiro atoms. The lowest BCUT2D eigenvalue weighted by atomic mass is 10.0. The van der Waals surface area contributed by atoms with E-state index in [2.05, 4.69) is 48.4 Å². The third-order valence-corrected chi connectivity index (χ3v) is 10.7. The number of aliphatic hydroxyl groups excluding tert-OH is 1. The van der Waals surface area contributed by atoms with E-state index in [0.717, 1.165) is 46.5 Å². The average Bonchev–Trinajstić information content (AvgIpc) is 4.09. The van der Waals surface area contributed by atoms with Crippen LogP contribution in [-0.4, -0.2) is 92.0 Å². The van der Waals surface area contributed by atoms with E-state index >= 15 is 0 Å². The van der Waals surface area contributed by atoms with Crippen molar-refractivity contribution in [1.82, 2.24) is 51.0 Å². The maximum atomic E-state index is 13.9. The molecule has 0 saturated carbocycles. The van der Waals surface area contributed by atoms with Crippen LogP contribution >= 0.6 is 0 Å². The van der Waals surface area contributed by atoms with Gasteiger partial charge in [-0.05, 0) is 53.1 Å². The van der Waals surface area contributed by atoms with Crippen molar-refractivity contribution in [2.75, 3.05) is 27.2 Å². The van der Waals surface area contributed by atoms with Gasteiger partial charge in [-0.15, -0.1) is 0 Å². The van der Waals surface area contributed by atoms with Crippen LogP contribution in [0.5, 0.6) is 0 Å². The van der Waals surface area contributed by atoms with Crippen molar-refractivity contribution in [3.05, 3.63) is 144 Å². The van der Waals surface area contributed by atoms with Gasteiger partial charge in [0.2, 0.25) is 11.8 Å². The number of imidazole rings is 2. The monoisotopic (exact) mass is 822 g/mol. The summed E-state index contributed by atoms with van der Waals surface area (Å²) in [6.07, 6.45) is 4.27. The van der Waals surface area contributed by atoms with Gasteiger partial charge in [-0.25, -0.2) is 19.6 Å². The van der Waals surface area contributed by atoms with E-state index in [1.165, 1.54) is 19.0 Å². The summed E-state index contributed by atoms with van der Waals surface area (Å²) < 4.78 is 0. The molecule has 6 amide bonds. The van der Waals surface area contributed by atoms with Crippen LogP contribution in [0.4, 0.5) is 9.59 Å². The van der Waals surface area contributed by atoms with E-state index in [9.17, 15) is 24.3 Å². The summed E-state index contributed by atoms with van der Waals surface area (Å²) in [5.74, 6) is 0.662. The van der Waals surface area contributed by atoms with Crippen LogP contribution in [0.15, 0.2) is 122 Å². The molecule has 1 aliphatic heterocycles. The normalized spacial score (nSPS) is 15.0. The van der Waals surface area contributed by atoms with E-state index in [4.69, 9.17) is 4.98 Å².